The molecule has 0 aromatic carbocycles. The highest BCUT2D eigenvalue weighted by Crippen LogP contribution is 2.16. The first-order valence-electron chi connectivity index (χ1n) is 3.52. The predicted molar refractivity (Wildman–Crippen MR) is 51.9 cm³/mol. The highest BCUT2D eigenvalue weighted by Gasteiger charge is 2.13. The van der Waals surface area contributed by atoms with E-state index in [2.05, 4.69) is 4.99 Å². The zero-order chi connectivity index (χ0) is 7.68. The summed E-state index contributed by atoms with van der Waals surface area (Å²) < 4.78 is 0. The molecule has 3 nitrogen and oxygen atoms in total. The summed E-state index contributed by atoms with van der Waals surface area (Å²) in [5.41, 5.74) is 6.44. The number of nitrogens with zero attached hydrogens (tertiary/aromatic N) is 2. The highest BCUT2D eigenvalue weighted by molar-refractivity contribution is 5.85. The van der Waals surface area contributed by atoms with Crippen LogP contribution in [0.3, 0.4) is 0 Å². The molecule has 12 heavy (non-hydrogen) atoms. The van der Waals surface area contributed by atoms with Gasteiger partial charge in [-0.05, 0) is 12.2 Å². The number of halogens is 1. The Balaban J connectivity index is 0.000000720. The van der Waals surface area contributed by atoms with E-state index in [0.29, 0.717) is 0 Å². The number of nitrogens with two attached hydrogens (primary N) is 1. The highest BCUT2D eigenvalue weighted by atomic mass is 35.5. The molecule has 0 aliphatic carbocycles. The summed E-state index contributed by atoms with van der Waals surface area (Å²) in [6, 6.07) is 0. The molecule has 2 rings (SSSR count). The second-order valence-corrected chi connectivity index (χ2v) is 2.44. The van der Waals surface area contributed by atoms with Crippen LogP contribution in [0.2, 0.25) is 0 Å². The van der Waals surface area contributed by atoms with Gasteiger partial charge in [-0.2, -0.15) is 0 Å². The summed E-state index contributed by atoms with van der Waals surface area (Å²) in [5, 5.41) is 0. The van der Waals surface area contributed by atoms with Crippen LogP contribution in [-0.2, 0) is 0 Å². The molecule has 0 bridgehead atoms. The summed E-state index contributed by atoms with van der Waals surface area (Å²) in [5.74, 6) is 0.856. The summed E-state index contributed by atoms with van der Waals surface area (Å²) in [6.45, 7) is 0.828. The minimum atomic E-state index is 0. The first kappa shape index (κ1) is 8.87. The van der Waals surface area contributed by atoms with E-state index in [9.17, 15) is 0 Å². The molecule has 0 aromatic heterocycles. The standard InChI is InChI=1S/C8H9N3.ClH/c9-7-3-1-2-5-11-6-4-10-8(7)11;/h1-5H,6,9H2;1H. The maximum Gasteiger partial charge on any atom is 0.155 e. The number of fused-ring (bicyclic) bond motifs is 1. The normalized spacial score (nSPS) is 19.2. The number of hydrogen-bond donors (Lipinski definition) is 1. The van der Waals surface area contributed by atoms with E-state index in [-0.39, 0.29) is 12.4 Å². The lowest BCUT2D eigenvalue weighted by molar-refractivity contribution is 0.549. The van der Waals surface area contributed by atoms with Crippen molar-refractivity contribution in [3.05, 3.63) is 35.9 Å². The number of rotatable bonds is 0. The van der Waals surface area contributed by atoms with Gasteiger partial charge in [-0.15, -0.1) is 12.4 Å². The van der Waals surface area contributed by atoms with Gasteiger partial charge in [-0.25, -0.2) is 4.99 Å². The summed E-state index contributed by atoms with van der Waals surface area (Å²) in [4.78, 5) is 6.16. The van der Waals surface area contributed by atoms with Crippen molar-refractivity contribution in [1.29, 1.82) is 0 Å². The largest absolute Gasteiger partial charge is 0.396 e. The van der Waals surface area contributed by atoms with E-state index in [1.165, 1.54) is 0 Å². The molecule has 0 amide bonds. The SMILES string of the molecule is Cl.NC1=C2N=CCN2C=CC=C1. The maximum atomic E-state index is 5.72. The fourth-order valence-corrected chi connectivity index (χ4v) is 1.14. The van der Waals surface area contributed by atoms with Crippen molar-refractivity contribution in [2.24, 2.45) is 10.7 Å². The Morgan fingerprint density at radius 2 is 2.25 bits per heavy atom. The van der Waals surface area contributed by atoms with Crippen molar-refractivity contribution in [2.75, 3.05) is 6.54 Å². The van der Waals surface area contributed by atoms with E-state index in [4.69, 9.17) is 5.73 Å². The van der Waals surface area contributed by atoms with Crippen LogP contribution in [0.15, 0.2) is 40.9 Å². The zero-order valence-corrected chi connectivity index (χ0v) is 7.29. The van der Waals surface area contributed by atoms with Crippen molar-refractivity contribution < 1.29 is 0 Å². The number of aliphatic imine (C=N–C) groups is 1. The summed E-state index contributed by atoms with van der Waals surface area (Å²) in [6.07, 6.45) is 9.55. The quantitative estimate of drug-likeness (QED) is 0.609. The molecule has 0 spiro atoms. The topological polar surface area (TPSA) is 41.6 Å². The van der Waals surface area contributed by atoms with Crippen molar-refractivity contribution in [3.63, 3.8) is 0 Å². The molecule has 0 atom stereocenters. The second-order valence-electron chi connectivity index (χ2n) is 2.44. The van der Waals surface area contributed by atoms with Crippen LogP contribution in [-0.4, -0.2) is 17.7 Å². The molecule has 2 heterocycles. The van der Waals surface area contributed by atoms with Crippen LogP contribution < -0.4 is 5.73 Å². The fourth-order valence-electron chi connectivity index (χ4n) is 1.14. The Labute approximate surface area is 77.4 Å². The van der Waals surface area contributed by atoms with Crippen LogP contribution >= 0.6 is 12.4 Å². The van der Waals surface area contributed by atoms with Gasteiger partial charge in [0, 0.05) is 12.4 Å². The van der Waals surface area contributed by atoms with Gasteiger partial charge in [0.2, 0.25) is 0 Å². The average Bonchev–Trinajstić information content (AvgIpc) is 2.40. The second kappa shape index (κ2) is 3.45. The Morgan fingerprint density at radius 3 is 3.08 bits per heavy atom. The average molecular weight is 184 g/mol. The van der Waals surface area contributed by atoms with E-state index < -0.39 is 0 Å². The lowest BCUT2D eigenvalue weighted by Crippen LogP contribution is -2.14. The lowest BCUT2D eigenvalue weighted by Gasteiger charge is -2.11. The molecule has 0 saturated carbocycles. The van der Waals surface area contributed by atoms with Crippen LogP contribution in [0, 0.1) is 0 Å². The number of allylic oxidation sites excluding steroid dienone is 3. The lowest BCUT2D eigenvalue weighted by atomic mass is 10.4. The van der Waals surface area contributed by atoms with Crippen LogP contribution in [0.25, 0.3) is 0 Å². The molecular weight excluding hydrogens is 174 g/mol. The molecule has 2 aliphatic rings. The monoisotopic (exact) mass is 183 g/mol. The fraction of sp³-hybridized carbons (Fsp3) is 0.125. The molecule has 0 saturated heterocycles. The first-order valence-corrected chi connectivity index (χ1v) is 3.52. The first-order chi connectivity index (χ1) is 5.38. The van der Waals surface area contributed by atoms with Gasteiger partial charge in [0.1, 0.15) is 0 Å². The van der Waals surface area contributed by atoms with E-state index in [0.717, 1.165) is 18.1 Å². The van der Waals surface area contributed by atoms with E-state index in [1.807, 2.05) is 35.5 Å². The van der Waals surface area contributed by atoms with Gasteiger partial charge >= 0.3 is 0 Å². The molecule has 2 N–H and O–H groups in total. The molecule has 0 radical (unpaired) electrons. The Hall–Kier alpha value is -1.22. The summed E-state index contributed by atoms with van der Waals surface area (Å²) >= 11 is 0. The Kier molecular flexibility index (Phi) is 2.55. The zero-order valence-electron chi connectivity index (χ0n) is 6.47. The smallest absolute Gasteiger partial charge is 0.155 e. The van der Waals surface area contributed by atoms with Gasteiger partial charge in [0.25, 0.3) is 0 Å². The van der Waals surface area contributed by atoms with Gasteiger partial charge in [-0.3, -0.25) is 0 Å². The van der Waals surface area contributed by atoms with Crippen molar-refractivity contribution in [1.82, 2.24) is 4.90 Å². The molecule has 2 aliphatic heterocycles. The van der Waals surface area contributed by atoms with Crippen LogP contribution in [0.5, 0.6) is 0 Å². The number of hydrogen-bond acceptors (Lipinski definition) is 3. The third kappa shape index (κ3) is 1.36. The van der Waals surface area contributed by atoms with Gasteiger partial charge < -0.3 is 10.6 Å². The molecule has 4 heteroatoms. The maximum absolute atomic E-state index is 5.72. The molecule has 0 unspecified atom stereocenters. The Morgan fingerprint density at radius 1 is 1.42 bits per heavy atom. The van der Waals surface area contributed by atoms with Crippen molar-refractivity contribution in [3.8, 4) is 0 Å². The van der Waals surface area contributed by atoms with Crippen molar-refractivity contribution >= 4 is 18.6 Å². The molecular formula is C8H10ClN3. The molecule has 64 valence electrons. The van der Waals surface area contributed by atoms with Gasteiger partial charge in [0.15, 0.2) is 5.82 Å². The predicted octanol–water partition coefficient (Wildman–Crippen LogP) is 1.01. The molecule has 0 aromatic rings. The van der Waals surface area contributed by atoms with E-state index in [1.54, 1.807) is 0 Å². The molecule has 0 fully saturated rings. The van der Waals surface area contributed by atoms with Crippen LogP contribution in [0.4, 0.5) is 0 Å². The van der Waals surface area contributed by atoms with Crippen molar-refractivity contribution in [2.45, 2.75) is 0 Å². The third-order valence-electron chi connectivity index (χ3n) is 1.68. The minimum Gasteiger partial charge on any atom is -0.396 e. The summed E-state index contributed by atoms with van der Waals surface area (Å²) in [7, 11) is 0. The minimum absolute atomic E-state index is 0. The third-order valence-corrected chi connectivity index (χ3v) is 1.68. The van der Waals surface area contributed by atoms with Gasteiger partial charge in [0.05, 0.1) is 12.2 Å². The van der Waals surface area contributed by atoms with Crippen LogP contribution in [0.1, 0.15) is 0 Å². The van der Waals surface area contributed by atoms with E-state index >= 15 is 0 Å². The van der Waals surface area contributed by atoms with Gasteiger partial charge in [-0.1, -0.05) is 6.08 Å². The Bertz CT molecular complexity index is 289.